The van der Waals surface area contributed by atoms with Crippen LogP contribution >= 0.6 is 11.3 Å². The zero-order chi connectivity index (χ0) is 10.8. The van der Waals surface area contributed by atoms with E-state index in [1.807, 2.05) is 6.92 Å². The average Bonchev–Trinajstić information content (AvgIpc) is 2.76. The molecule has 0 bridgehead atoms. The highest BCUT2D eigenvalue weighted by Crippen LogP contribution is 2.30. The molecule has 1 aromatic heterocycles. The molecule has 1 aromatic rings. The van der Waals surface area contributed by atoms with E-state index >= 15 is 0 Å². The van der Waals surface area contributed by atoms with Crippen molar-refractivity contribution in [3.8, 4) is 0 Å². The molecule has 15 heavy (non-hydrogen) atoms. The maximum absolute atomic E-state index is 11.8. The molecule has 1 atom stereocenters. The van der Waals surface area contributed by atoms with Crippen molar-refractivity contribution in [1.29, 1.82) is 0 Å². The zero-order valence-corrected chi connectivity index (χ0v) is 10.1. The highest BCUT2D eigenvalue weighted by Gasteiger charge is 2.18. The molecule has 0 saturated heterocycles. The van der Waals surface area contributed by atoms with Crippen molar-refractivity contribution in [3.63, 3.8) is 0 Å². The van der Waals surface area contributed by atoms with Crippen LogP contribution in [0.1, 0.15) is 46.8 Å². The predicted molar refractivity (Wildman–Crippen MR) is 63.6 cm³/mol. The van der Waals surface area contributed by atoms with Gasteiger partial charge in [0.2, 0.25) is 0 Å². The third-order valence-corrected chi connectivity index (χ3v) is 4.20. The summed E-state index contributed by atoms with van der Waals surface area (Å²) >= 11 is 1.67. The monoisotopic (exact) mass is 223 g/mol. The van der Waals surface area contributed by atoms with Crippen LogP contribution in [0, 0.1) is 0 Å². The molecule has 0 saturated carbocycles. The fourth-order valence-electron chi connectivity index (χ4n) is 1.84. The Morgan fingerprint density at radius 3 is 3.07 bits per heavy atom. The minimum Gasteiger partial charge on any atom is -0.349 e. The first-order valence-corrected chi connectivity index (χ1v) is 6.44. The van der Waals surface area contributed by atoms with Crippen molar-refractivity contribution >= 4 is 17.2 Å². The lowest BCUT2D eigenvalue weighted by molar-refractivity contribution is 0.0943. The van der Waals surface area contributed by atoms with Gasteiger partial charge in [0, 0.05) is 10.9 Å². The van der Waals surface area contributed by atoms with Crippen LogP contribution in [0.4, 0.5) is 0 Å². The van der Waals surface area contributed by atoms with Gasteiger partial charge in [-0.15, -0.1) is 11.3 Å². The summed E-state index contributed by atoms with van der Waals surface area (Å²) in [6.45, 7) is 4.12. The van der Waals surface area contributed by atoms with Crippen LogP contribution in [-0.2, 0) is 12.8 Å². The SMILES string of the molecule is CCC(C)NC(=O)c1cc2c(s1)CCC2. The molecule has 3 heteroatoms. The van der Waals surface area contributed by atoms with Crippen LogP contribution in [0.15, 0.2) is 6.07 Å². The minimum absolute atomic E-state index is 0.101. The first-order valence-electron chi connectivity index (χ1n) is 5.63. The van der Waals surface area contributed by atoms with E-state index in [2.05, 4.69) is 18.3 Å². The van der Waals surface area contributed by atoms with Gasteiger partial charge >= 0.3 is 0 Å². The summed E-state index contributed by atoms with van der Waals surface area (Å²) in [5.74, 6) is 0.101. The van der Waals surface area contributed by atoms with Gasteiger partial charge in [0.25, 0.3) is 5.91 Å². The molecule has 82 valence electrons. The van der Waals surface area contributed by atoms with Gasteiger partial charge in [0.15, 0.2) is 0 Å². The topological polar surface area (TPSA) is 29.1 Å². The van der Waals surface area contributed by atoms with Crippen LogP contribution in [0.2, 0.25) is 0 Å². The standard InChI is InChI=1S/C12H17NOS/c1-3-8(2)13-12(14)11-7-9-5-4-6-10(9)15-11/h7-8H,3-6H2,1-2H3,(H,13,14). The molecule has 2 nitrogen and oxygen atoms in total. The molecule has 1 amide bonds. The maximum Gasteiger partial charge on any atom is 0.261 e. The molecule has 1 aliphatic rings. The van der Waals surface area contributed by atoms with Gasteiger partial charge in [-0.3, -0.25) is 4.79 Å². The second-order valence-corrected chi connectivity index (χ2v) is 5.33. The number of hydrogen-bond donors (Lipinski definition) is 1. The molecular formula is C12H17NOS. The Hall–Kier alpha value is -0.830. The second-order valence-electron chi connectivity index (χ2n) is 4.20. The van der Waals surface area contributed by atoms with Crippen LogP contribution in [0.5, 0.6) is 0 Å². The number of thiophene rings is 1. The van der Waals surface area contributed by atoms with Crippen molar-refractivity contribution in [3.05, 3.63) is 21.4 Å². The lowest BCUT2D eigenvalue weighted by atomic mass is 10.2. The highest BCUT2D eigenvalue weighted by molar-refractivity contribution is 7.14. The van der Waals surface area contributed by atoms with E-state index in [1.54, 1.807) is 11.3 Å². The quantitative estimate of drug-likeness (QED) is 0.838. The molecule has 0 fully saturated rings. The van der Waals surface area contributed by atoms with Gasteiger partial charge in [-0.1, -0.05) is 6.92 Å². The molecule has 1 heterocycles. The van der Waals surface area contributed by atoms with Crippen molar-refractivity contribution in [2.75, 3.05) is 0 Å². The van der Waals surface area contributed by atoms with E-state index < -0.39 is 0 Å². The van der Waals surface area contributed by atoms with E-state index in [0.717, 1.165) is 24.1 Å². The second kappa shape index (κ2) is 4.35. The van der Waals surface area contributed by atoms with E-state index in [0.29, 0.717) is 0 Å². The van der Waals surface area contributed by atoms with Gasteiger partial charge in [-0.05, 0) is 44.2 Å². The van der Waals surface area contributed by atoms with Gasteiger partial charge in [0.1, 0.15) is 0 Å². The molecule has 1 unspecified atom stereocenters. The zero-order valence-electron chi connectivity index (χ0n) is 9.30. The minimum atomic E-state index is 0.101. The number of aryl methyl sites for hydroxylation is 2. The van der Waals surface area contributed by atoms with Crippen molar-refractivity contribution in [1.82, 2.24) is 5.32 Å². The fourth-order valence-corrected chi connectivity index (χ4v) is 2.99. The Balaban J connectivity index is 2.06. The molecule has 0 aliphatic heterocycles. The number of amides is 1. The molecule has 1 N–H and O–H groups in total. The van der Waals surface area contributed by atoms with Gasteiger partial charge in [0.05, 0.1) is 4.88 Å². The van der Waals surface area contributed by atoms with E-state index in [4.69, 9.17) is 0 Å². The summed E-state index contributed by atoms with van der Waals surface area (Å²) in [7, 11) is 0. The summed E-state index contributed by atoms with van der Waals surface area (Å²) in [6.07, 6.45) is 4.56. The molecule has 0 radical (unpaired) electrons. The number of hydrogen-bond acceptors (Lipinski definition) is 2. The van der Waals surface area contributed by atoms with Crippen molar-refractivity contribution < 1.29 is 4.79 Å². The van der Waals surface area contributed by atoms with Crippen LogP contribution in [0.3, 0.4) is 0 Å². The summed E-state index contributed by atoms with van der Waals surface area (Å²) < 4.78 is 0. The third-order valence-electron chi connectivity index (χ3n) is 2.96. The smallest absolute Gasteiger partial charge is 0.261 e. The third kappa shape index (κ3) is 2.23. The van der Waals surface area contributed by atoms with Gasteiger partial charge < -0.3 is 5.32 Å². The van der Waals surface area contributed by atoms with E-state index in [9.17, 15) is 4.79 Å². The number of fused-ring (bicyclic) bond motifs is 1. The lowest BCUT2D eigenvalue weighted by Crippen LogP contribution is -2.31. The Bertz CT molecular complexity index is 348. The van der Waals surface area contributed by atoms with E-state index in [1.165, 1.54) is 16.9 Å². The number of rotatable bonds is 3. The Kier molecular flexibility index (Phi) is 3.10. The fraction of sp³-hybridized carbons (Fsp3) is 0.583. The summed E-state index contributed by atoms with van der Waals surface area (Å²) in [4.78, 5) is 14.1. The number of carbonyl (C=O) groups is 1. The Morgan fingerprint density at radius 2 is 2.40 bits per heavy atom. The normalized spacial score (nSPS) is 16.1. The average molecular weight is 223 g/mol. The van der Waals surface area contributed by atoms with Crippen molar-refractivity contribution in [2.24, 2.45) is 0 Å². The Labute approximate surface area is 94.7 Å². The molecular weight excluding hydrogens is 206 g/mol. The first-order chi connectivity index (χ1) is 7.20. The van der Waals surface area contributed by atoms with Crippen LogP contribution < -0.4 is 5.32 Å². The van der Waals surface area contributed by atoms with Crippen LogP contribution in [0.25, 0.3) is 0 Å². The molecule has 2 rings (SSSR count). The molecule has 0 aromatic carbocycles. The summed E-state index contributed by atoms with van der Waals surface area (Å²) in [5, 5.41) is 3.01. The van der Waals surface area contributed by atoms with E-state index in [-0.39, 0.29) is 11.9 Å². The summed E-state index contributed by atoms with van der Waals surface area (Å²) in [5.41, 5.74) is 1.40. The molecule has 0 spiro atoms. The first kappa shape index (κ1) is 10.7. The van der Waals surface area contributed by atoms with Crippen molar-refractivity contribution in [2.45, 2.75) is 45.6 Å². The van der Waals surface area contributed by atoms with Gasteiger partial charge in [-0.25, -0.2) is 0 Å². The Morgan fingerprint density at radius 1 is 1.60 bits per heavy atom. The molecule has 1 aliphatic carbocycles. The summed E-state index contributed by atoms with van der Waals surface area (Å²) in [6, 6.07) is 2.35. The lowest BCUT2D eigenvalue weighted by Gasteiger charge is -2.09. The predicted octanol–water partition coefficient (Wildman–Crippen LogP) is 2.77. The largest absolute Gasteiger partial charge is 0.349 e. The number of carbonyl (C=O) groups excluding carboxylic acids is 1. The number of nitrogens with one attached hydrogen (secondary N) is 1. The van der Waals surface area contributed by atoms with Crippen LogP contribution in [-0.4, -0.2) is 11.9 Å². The van der Waals surface area contributed by atoms with Gasteiger partial charge in [-0.2, -0.15) is 0 Å². The maximum atomic E-state index is 11.8. The highest BCUT2D eigenvalue weighted by atomic mass is 32.1.